The summed E-state index contributed by atoms with van der Waals surface area (Å²) in [6.45, 7) is 1.91. The van der Waals surface area contributed by atoms with Crippen LogP contribution in [-0.2, 0) is 16.1 Å². The Labute approximate surface area is 121 Å². The van der Waals surface area contributed by atoms with Crippen LogP contribution in [0.1, 0.15) is 13.3 Å². The van der Waals surface area contributed by atoms with Crippen LogP contribution in [0, 0.1) is 0 Å². The van der Waals surface area contributed by atoms with Gasteiger partial charge in [0.15, 0.2) is 0 Å². The number of aliphatic carboxylic acids is 1. The molecule has 0 saturated heterocycles. The van der Waals surface area contributed by atoms with Gasteiger partial charge < -0.3 is 15.0 Å². The van der Waals surface area contributed by atoms with Crippen LogP contribution < -0.4 is 5.32 Å². The second kappa shape index (κ2) is 5.96. The van der Waals surface area contributed by atoms with Crippen molar-refractivity contribution in [1.82, 2.24) is 9.88 Å². The molecule has 0 fully saturated rings. The van der Waals surface area contributed by atoms with Gasteiger partial charge >= 0.3 is 5.97 Å². The van der Waals surface area contributed by atoms with E-state index in [1.807, 2.05) is 35.0 Å². The molecule has 1 aromatic heterocycles. The Morgan fingerprint density at radius 1 is 1.40 bits per heavy atom. The maximum absolute atomic E-state index is 11.6. The van der Waals surface area contributed by atoms with Gasteiger partial charge in [0, 0.05) is 29.7 Å². The van der Waals surface area contributed by atoms with E-state index in [1.165, 1.54) is 6.92 Å². The molecule has 106 valence electrons. The van der Waals surface area contributed by atoms with Crippen molar-refractivity contribution in [2.45, 2.75) is 25.9 Å². The van der Waals surface area contributed by atoms with Gasteiger partial charge in [-0.1, -0.05) is 17.7 Å². The number of hydrogen-bond acceptors (Lipinski definition) is 2. The first-order valence-corrected chi connectivity index (χ1v) is 6.62. The molecule has 5 nitrogen and oxygen atoms in total. The Bertz CT molecular complexity index is 651. The Balaban J connectivity index is 2.01. The smallest absolute Gasteiger partial charge is 0.325 e. The second-order valence-corrected chi connectivity index (χ2v) is 5.03. The zero-order valence-corrected chi connectivity index (χ0v) is 11.7. The van der Waals surface area contributed by atoms with Gasteiger partial charge in [0.2, 0.25) is 5.91 Å². The molecule has 20 heavy (non-hydrogen) atoms. The summed E-state index contributed by atoms with van der Waals surface area (Å²) in [5.41, 5.74) is 0.955. The first-order chi connectivity index (χ1) is 9.47. The number of nitrogens with zero attached hydrogens (tertiary/aromatic N) is 1. The van der Waals surface area contributed by atoms with Crippen molar-refractivity contribution in [2.75, 3.05) is 0 Å². The number of carbonyl (C=O) groups excluding carboxylic acids is 1. The number of benzene rings is 1. The molecular weight excluding hydrogens is 280 g/mol. The number of carboxylic acid groups (broad SMARTS) is 1. The SMILES string of the molecule is CC(NC(=O)CCn1ccc2ccc(Cl)cc21)C(=O)O. The highest BCUT2D eigenvalue weighted by Crippen LogP contribution is 2.20. The molecule has 2 aromatic rings. The Morgan fingerprint density at radius 3 is 2.85 bits per heavy atom. The first-order valence-electron chi connectivity index (χ1n) is 6.24. The molecule has 0 saturated carbocycles. The van der Waals surface area contributed by atoms with Crippen molar-refractivity contribution in [3.63, 3.8) is 0 Å². The van der Waals surface area contributed by atoms with Crippen LogP contribution in [0.25, 0.3) is 10.9 Å². The van der Waals surface area contributed by atoms with Crippen molar-refractivity contribution in [3.05, 3.63) is 35.5 Å². The van der Waals surface area contributed by atoms with Gasteiger partial charge in [-0.25, -0.2) is 0 Å². The van der Waals surface area contributed by atoms with Crippen LogP contribution in [0.2, 0.25) is 5.02 Å². The highest BCUT2D eigenvalue weighted by molar-refractivity contribution is 6.31. The number of aromatic nitrogens is 1. The van der Waals surface area contributed by atoms with Crippen LogP contribution in [0.15, 0.2) is 30.5 Å². The molecule has 0 aliphatic carbocycles. The van der Waals surface area contributed by atoms with Crippen molar-refractivity contribution in [2.24, 2.45) is 0 Å². The molecule has 0 bridgehead atoms. The molecule has 1 unspecified atom stereocenters. The fraction of sp³-hybridized carbons (Fsp3) is 0.286. The van der Waals surface area contributed by atoms with Crippen LogP contribution in [0.5, 0.6) is 0 Å². The van der Waals surface area contributed by atoms with E-state index in [1.54, 1.807) is 0 Å². The van der Waals surface area contributed by atoms with Crippen LogP contribution in [0.3, 0.4) is 0 Å². The number of hydrogen-bond donors (Lipinski definition) is 2. The summed E-state index contributed by atoms with van der Waals surface area (Å²) in [6, 6.07) is 6.65. The zero-order chi connectivity index (χ0) is 14.7. The first kappa shape index (κ1) is 14.4. The van der Waals surface area contributed by atoms with Gasteiger partial charge in [0.25, 0.3) is 0 Å². The average molecular weight is 295 g/mol. The number of fused-ring (bicyclic) bond motifs is 1. The van der Waals surface area contributed by atoms with E-state index >= 15 is 0 Å². The van der Waals surface area contributed by atoms with Crippen molar-refractivity contribution in [3.8, 4) is 0 Å². The third-order valence-electron chi connectivity index (χ3n) is 3.06. The minimum Gasteiger partial charge on any atom is -0.480 e. The largest absolute Gasteiger partial charge is 0.480 e. The van der Waals surface area contributed by atoms with E-state index in [0.29, 0.717) is 11.6 Å². The molecule has 0 radical (unpaired) electrons. The number of carboxylic acids is 1. The molecule has 2 rings (SSSR count). The fourth-order valence-corrected chi connectivity index (χ4v) is 2.12. The van der Waals surface area contributed by atoms with E-state index in [2.05, 4.69) is 5.32 Å². The Hall–Kier alpha value is -2.01. The second-order valence-electron chi connectivity index (χ2n) is 4.59. The van der Waals surface area contributed by atoms with Gasteiger partial charge in [-0.3, -0.25) is 9.59 Å². The maximum atomic E-state index is 11.6. The van der Waals surface area contributed by atoms with Gasteiger partial charge in [0.05, 0.1) is 0 Å². The summed E-state index contributed by atoms with van der Waals surface area (Å²) in [4.78, 5) is 22.3. The normalized spacial score (nSPS) is 12.3. The maximum Gasteiger partial charge on any atom is 0.325 e. The van der Waals surface area contributed by atoms with Gasteiger partial charge in [-0.2, -0.15) is 0 Å². The van der Waals surface area contributed by atoms with E-state index in [0.717, 1.165) is 10.9 Å². The topological polar surface area (TPSA) is 71.3 Å². The predicted octanol–water partition coefficient (Wildman–Crippen LogP) is 2.27. The molecule has 1 aromatic carbocycles. The van der Waals surface area contributed by atoms with E-state index in [4.69, 9.17) is 16.7 Å². The van der Waals surface area contributed by atoms with Crippen molar-refractivity contribution in [1.29, 1.82) is 0 Å². The molecule has 1 heterocycles. The van der Waals surface area contributed by atoms with Gasteiger partial charge in [-0.05, 0) is 30.5 Å². The summed E-state index contributed by atoms with van der Waals surface area (Å²) in [6.07, 6.45) is 2.10. The van der Waals surface area contributed by atoms with Crippen LogP contribution >= 0.6 is 11.6 Å². The third kappa shape index (κ3) is 3.30. The standard InChI is InChI=1S/C14H15ClN2O3/c1-9(14(19)20)16-13(18)5-7-17-6-4-10-2-3-11(15)8-12(10)17/h2-4,6,8-9H,5,7H2,1H3,(H,16,18)(H,19,20). The van der Waals surface area contributed by atoms with E-state index < -0.39 is 12.0 Å². The number of aryl methyl sites for hydroxylation is 1. The van der Waals surface area contributed by atoms with E-state index in [9.17, 15) is 9.59 Å². The molecule has 1 atom stereocenters. The van der Waals surface area contributed by atoms with Gasteiger partial charge in [0.1, 0.15) is 6.04 Å². The predicted molar refractivity (Wildman–Crippen MR) is 76.8 cm³/mol. The summed E-state index contributed by atoms with van der Waals surface area (Å²) in [5, 5.41) is 12.8. The van der Waals surface area contributed by atoms with Crippen LogP contribution in [0.4, 0.5) is 0 Å². The molecule has 2 N–H and O–H groups in total. The Morgan fingerprint density at radius 2 is 2.15 bits per heavy atom. The molecule has 0 spiro atoms. The fourth-order valence-electron chi connectivity index (χ4n) is 1.95. The van der Waals surface area contributed by atoms with E-state index in [-0.39, 0.29) is 12.3 Å². The molecule has 6 heteroatoms. The minimum absolute atomic E-state index is 0.216. The highest BCUT2D eigenvalue weighted by Gasteiger charge is 2.13. The number of halogens is 1. The lowest BCUT2D eigenvalue weighted by Gasteiger charge is -2.10. The lowest BCUT2D eigenvalue weighted by atomic mass is 10.2. The number of rotatable bonds is 5. The lowest BCUT2D eigenvalue weighted by molar-refractivity contribution is -0.141. The number of amides is 1. The number of carbonyl (C=O) groups is 2. The quantitative estimate of drug-likeness (QED) is 0.888. The number of nitrogens with one attached hydrogen (secondary N) is 1. The molecule has 0 aliphatic rings. The summed E-state index contributed by atoms with van der Waals surface area (Å²) in [7, 11) is 0. The summed E-state index contributed by atoms with van der Waals surface area (Å²) in [5.74, 6) is -1.33. The van der Waals surface area contributed by atoms with Crippen molar-refractivity contribution < 1.29 is 14.7 Å². The third-order valence-corrected chi connectivity index (χ3v) is 3.30. The summed E-state index contributed by atoms with van der Waals surface area (Å²) < 4.78 is 1.92. The average Bonchev–Trinajstić information content (AvgIpc) is 2.78. The monoisotopic (exact) mass is 294 g/mol. The highest BCUT2D eigenvalue weighted by atomic mass is 35.5. The minimum atomic E-state index is -1.04. The van der Waals surface area contributed by atoms with Crippen LogP contribution in [-0.4, -0.2) is 27.6 Å². The molecular formula is C14H15ClN2O3. The summed E-state index contributed by atoms with van der Waals surface area (Å²) >= 11 is 5.96. The van der Waals surface area contributed by atoms with Crippen molar-refractivity contribution >= 4 is 34.4 Å². The molecule has 0 aliphatic heterocycles. The lowest BCUT2D eigenvalue weighted by Crippen LogP contribution is -2.38. The van der Waals surface area contributed by atoms with Gasteiger partial charge in [-0.15, -0.1) is 0 Å². The Kier molecular flexibility index (Phi) is 4.29. The zero-order valence-electron chi connectivity index (χ0n) is 11.0. The molecule has 1 amide bonds.